The Morgan fingerprint density at radius 2 is 1.94 bits per heavy atom. The zero-order chi connectivity index (χ0) is 13.1. The molecule has 0 spiro atoms. The SMILES string of the molecule is NC1(C(=O)O)C[C@H](CO)C[C@@H](CCB(O)O)C1. The number of rotatable bonds is 5. The largest absolute Gasteiger partial charge is 0.480 e. The van der Waals surface area contributed by atoms with E-state index in [1.807, 2.05) is 0 Å². The van der Waals surface area contributed by atoms with Gasteiger partial charge in [0.2, 0.25) is 0 Å². The second-order valence-corrected chi connectivity index (χ2v) is 5.08. The Labute approximate surface area is 101 Å². The summed E-state index contributed by atoms with van der Waals surface area (Å²) in [6.07, 6.45) is 2.01. The number of hydrogen-bond acceptors (Lipinski definition) is 5. The lowest BCUT2D eigenvalue weighted by Crippen LogP contribution is -2.53. The maximum Gasteiger partial charge on any atom is 0.451 e. The first-order valence-corrected chi connectivity index (χ1v) is 5.86. The molecule has 0 heterocycles. The lowest BCUT2D eigenvalue weighted by Gasteiger charge is -2.38. The summed E-state index contributed by atoms with van der Waals surface area (Å²) >= 11 is 0. The van der Waals surface area contributed by atoms with E-state index < -0.39 is 18.6 Å². The zero-order valence-corrected chi connectivity index (χ0v) is 9.75. The molecule has 0 radical (unpaired) electrons. The lowest BCUT2D eigenvalue weighted by atomic mass is 9.67. The van der Waals surface area contributed by atoms with Gasteiger partial charge in [0, 0.05) is 6.61 Å². The van der Waals surface area contributed by atoms with Gasteiger partial charge in [-0.05, 0) is 37.4 Å². The first-order valence-electron chi connectivity index (χ1n) is 5.86. The minimum atomic E-state index is -1.37. The summed E-state index contributed by atoms with van der Waals surface area (Å²) in [7, 11) is -1.37. The molecule has 0 amide bonds. The second-order valence-electron chi connectivity index (χ2n) is 5.08. The van der Waals surface area contributed by atoms with Crippen LogP contribution < -0.4 is 5.73 Å². The number of hydrogen-bond donors (Lipinski definition) is 5. The first kappa shape index (κ1) is 14.4. The fourth-order valence-electron chi connectivity index (χ4n) is 2.67. The third-order valence-corrected chi connectivity index (χ3v) is 3.49. The highest BCUT2D eigenvalue weighted by molar-refractivity contribution is 6.40. The van der Waals surface area contributed by atoms with Crippen LogP contribution in [0.2, 0.25) is 6.32 Å². The highest BCUT2D eigenvalue weighted by Gasteiger charge is 2.43. The van der Waals surface area contributed by atoms with Crippen LogP contribution in [0.1, 0.15) is 25.7 Å². The van der Waals surface area contributed by atoms with Gasteiger partial charge >= 0.3 is 13.1 Å². The smallest absolute Gasteiger partial charge is 0.451 e. The summed E-state index contributed by atoms with van der Waals surface area (Å²) in [5, 5.41) is 35.9. The number of carboxylic acid groups (broad SMARTS) is 1. The van der Waals surface area contributed by atoms with Crippen LogP contribution in [0, 0.1) is 11.8 Å². The zero-order valence-electron chi connectivity index (χ0n) is 9.75. The van der Waals surface area contributed by atoms with Crippen LogP contribution in [-0.4, -0.2) is 45.5 Å². The van der Waals surface area contributed by atoms with Crippen LogP contribution in [0.5, 0.6) is 0 Å². The summed E-state index contributed by atoms with van der Waals surface area (Å²) < 4.78 is 0. The monoisotopic (exact) mass is 245 g/mol. The molecular weight excluding hydrogens is 225 g/mol. The summed E-state index contributed by atoms with van der Waals surface area (Å²) in [4.78, 5) is 11.1. The molecule has 1 rings (SSSR count). The van der Waals surface area contributed by atoms with Crippen molar-refractivity contribution in [2.24, 2.45) is 17.6 Å². The van der Waals surface area contributed by atoms with Gasteiger partial charge in [-0.25, -0.2) is 0 Å². The van der Waals surface area contributed by atoms with E-state index in [1.165, 1.54) is 0 Å². The highest BCUT2D eigenvalue weighted by Crippen LogP contribution is 2.37. The summed E-state index contributed by atoms with van der Waals surface area (Å²) in [5.74, 6) is -1.15. The van der Waals surface area contributed by atoms with Crippen LogP contribution in [0.4, 0.5) is 0 Å². The van der Waals surface area contributed by atoms with Crippen molar-refractivity contribution in [1.82, 2.24) is 0 Å². The topological polar surface area (TPSA) is 124 Å². The van der Waals surface area contributed by atoms with E-state index in [0.717, 1.165) is 0 Å². The van der Waals surface area contributed by atoms with Crippen molar-refractivity contribution in [1.29, 1.82) is 0 Å². The molecular formula is C10H20BNO5. The van der Waals surface area contributed by atoms with Gasteiger partial charge in [-0.2, -0.15) is 0 Å². The Bertz CT molecular complexity index is 275. The quantitative estimate of drug-likeness (QED) is 0.397. The Balaban J connectivity index is 2.63. The minimum absolute atomic E-state index is 0.0174. The average Bonchev–Trinajstić information content (AvgIpc) is 2.25. The van der Waals surface area contributed by atoms with Crippen molar-refractivity contribution < 1.29 is 25.1 Å². The van der Waals surface area contributed by atoms with Crippen LogP contribution in [0.25, 0.3) is 0 Å². The number of aliphatic hydroxyl groups excluding tert-OH is 1. The molecule has 7 heteroatoms. The molecule has 6 N–H and O–H groups in total. The van der Waals surface area contributed by atoms with Crippen molar-refractivity contribution in [2.45, 2.75) is 37.5 Å². The molecule has 1 aliphatic rings. The van der Waals surface area contributed by atoms with Gasteiger partial charge in [0.05, 0.1) is 0 Å². The molecule has 0 aromatic carbocycles. The minimum Gasteiger partial charge on any atom is -0.480 e. The molecule has 1 fully saturated rings. The van der Waals surface area contributed by atoms with Gasteiger partial charge in [0.1, 0.15) is 5.54 Å². The Morgan fingerprint density at radius 1 is 1.35 bits per heavy atom. The summed E-state index contributed by atoms with van der Waals surface area (Å²) in [5.41, 5.74) is 4.53. The number of carboxylic acids is 1. The van der Waals surface area contributed by atoms with Crippen LogP contribution in [-0.2, 0) is 4.79 Å². The Hall–Kier alpha value is -0.625. The predicted octanol–water partition coefficient (Wildman–Crippen LogP) is -0.960. The number of aliphatic carboxylic acids is 1. The van der Waals surface area contributed by atoms with E-state index >= 15 is 0 Å². The normalized spacial score (nSPS) is 33.4. The molecule has 17 heavy (non-hydrogen) atoms. The van der Waals surface area contributed by atoms with Crippen LogP contribution >= 0.6 is 0 Å². The first-order chi connectivity index (χ1) is 7.87. The number of aliphatic hydroxyl groups is 1. The number of nitrogens with two attached hydrogens (primary N) is 1. The molecule has 98 valence electrons. The molecule has 0 bridgehead atoms. The van der Waals surface area contributed by atoms with E-state index in [4.69, 9.17) is 26.0 Å². The van der Waals surface area contributed by atoms with Gasteiger partial charge in [0.25, 0.3) is 0 Å². The van der Waals surface area contributed by atoms with Gasteiger partial charge in [-0.3, -0.25) is 4.79 Å². The van der Waals surface area contributed by atoms with E-state index in [0.29, 0.717) is 19.3 Å². The molecule has 0 aliphatic heterocycles. The molecule has 0 saturated heterocycles. The van der Waals surface area contributed by atoms with Crippen molar-refractivity contribution >= 4 is 13.1 Å². The van der Waals surface area contributed by atoms with Gasteiger partial charge in [0.15, 0.2) is 0 Å². The number of carbonyl (C=O) groups is 1. The summed E-state index contributed by atoms with van der Waals surface area (Å²) in [6, 6.07) is 0. The molecule has 1 aliphatic carbocycles. The van der Waals surface area contributed by atoms with E-state index in [1.54, 1.807) is 0 Å². The highest BCUT2D eigenvalue weighted by atomic mass is 16.4. The van der Waals surface area contributed by atoms with Crippen molar-refractivity contribution in [2.75, 3.05) is 6.61 Å². The standard InChI is InChI=1S/C10H20BNO5/c12-10(9(14)15)4-7(1-2-11(16)17)3-8(5-10)6-13/h7-8,13,16-17H,1-6,12H2,(H,14,15)/t7-,8-,10?/m1/s1. The molecule has 0 aromatic rings. The third-order valence-electron chi connectivity index (χ3n) is 3.49. The average molecular weight is 245 g/mol. The summed E-state index contributed by atoms with van der Waals surface area (Å²) in [6.45, 7) is -0.0790. The van der Waals surface area contributed by atoms with Crippen molar-refractivity contribution in [3.05, 3.63) is 0 Å². The fourth-order valence-corrected chi connectivity index (χ4v) is 2.67. The van der Waals surface area contributed by atoms with Gasteiger partial charge in [-0.15, -0.1) is 0 Å². The molecule has 3 atom stereocenters. The lowest BCUT2D eigenvalue weighted by molar-refractivity contribution is -0.146. The van der Waals surface area contributed by atoms with Crippen molar-refractivity contribution in [3.63, 3.8) is 0 Å². The molecule has 6 nitrogen and oxygen atoms in total. The third kappa shape index (κ3) is 3.95. The Kier molecular flexibility index (Phi) is 4.94. The van der Waals surface area contributed by atoms with Crippen LogP contribution in [0.3, 0.4) is 0 Å². The van der Waals surface area contributed by atoms with E-state index in [-0.39, 0.29) is 31.2 Å². The van der Waals surface area contributed by atoms with Crippen LogP contribution in [0.15, 0.2) is 0 Å². The van der Waals surface area contributed by atoms with Crippen molar-refractivity contribution in [3.8, 4) is 0 Å². The Morgan fingerprint density at radius 3 is 2.41 bits per heavy atom. The van der Waals surface area contributed by atoms with E-state index in [9.17, 15) is 4.79 Å². The van der Waals surface area contributed by atoms with Gasteiger partial charge in [-0.1, -0.05) is 6.42 Å². The second kappa shape index (κ2) is 5.81. The van der Waals surface area contributed by atoms with E-state index in [2.05, 4.69) is 0 Å². The van der Waals surface area contributed by atoms with Gasteiger partial charge < -0.3 is 26.0 Å². The maximum absolute atomic E-state index is 11.1. The molecule has 1 unspecified atom stereocenters. The molecule has 0 aromatic heterocycles. The predicted molar refractivity (Wildman–Crippen MR) is 62.1 cm³/mol. The maximum atomic E-state index is 11.1. The molecule has 1 saturated carbocycles. The fraction of sp³-hybridized carbons (Fsp3) is 0.900.